The zero-order chi connectivity index (χ0) is 23.1. The fourth-order valence-electron chi connectivity index (χ4n) is 6.82. The molecule has 1 aliphatic carbocycles. The van der Waals surface area contributed by atoms with E-state index in [4.69, 9.17) is 0 Å². The molecular formula is C24H36N2O5S. The SMILES string of the molecule is C=CCN(C(=O)C1N(CCCCO)C(=O)[C@@H]2[C@H](C(=O)O)[C@]3(C)CCC12S3)C1CCCCC1. The van der Waals surface area contributed by atoms with Gasteiger partial charge in [0.2, 0.25) is 11.8 Å². The van der Waals surface area contributed by atoms with Crippen LogP contribution in [0.5, 0.6) is 0 Å². The second-order valence-corrected chi connectivity index (χ2v) is 12.0. The highest BCUT2D eigenvalue weighted by Gasteiger charge is 2.77. The van der Waals surface area contributed by atoms with Crippen LogP contribution in [0, 0.1) is 11.8 Å². The van der Waals surface area contributed by atoms with Crippen LogP contribution in [0.15, 0.2) is 12.7 Å². The van der Waals surface area contributed by atoms with Crippen LogP contribution in [0.1, 0.15) is 64.7 Å². The monoisotopic (exact) mass is 464 g/mol. The molecule has 2 amide bonds. The molecule has 4 rings (SSSR count). The molecule has 3 saturated heterocycles. The normalized spacial score (nSPS) is 36.4. The lowest BCUT2D eigenvalue weighted by Gasteiger charge is -2.41. The highest BCUT2D eigenvalue weighted by Crippen LogP contribution is 2.71. The van der Waals surface area contributed by atoms with Crippen molar-refractivity contribution in [3.05, 3.63) is 12.7 Å². The fourth-order valence-corrected chi connectivity index (χ4v) is 9.17. The third kappa shape index (κ3) is 3.58. The van der Waals surface area contributed by atoms with Gasteiger partial charge < -0.3 is 20.0 Å². The molecule has 32 heavy (non-hydrogen) atoms. The lowest BCUT2D eigenvalue weighted by atomic mass is 9.66. The Labute approximate surface area is 194 Å². The van der Waals surface area contributed by atoms with Crippen molar-refractivity contribution in [2.24, 2.45) is 11.8 Å². The maximum atomic E-state index is 14.2. The van der Waals surface area contributed by atoms with Gasteiger partial charge in [0.15, 0.2) is 0 Å². The van der Waals surface area contributed by atoms with Crippen molar-refractivity contribution in [3.8, 4) is 0 Å². The van der Waals surface area contributed by atoms with E-state index in [-0.39, 0.29) is 24.5 Å². The van der Waals surface area contributed by atoms with Crippen molar-refractivity contribution in [3.63, 3.8) is 0 Å². The van der Waals surface area contributed by atoms with Crippen molar-refractivity contribution >= 4 is 29.5 Å². The number of rotatable bonds is 9. The number of hydrogen-bond acceptors (Lipinski definition) is 5. The van der Waals surface area contributed by atoms with Crippen LogP contribution in [0.3, 0.4) is 0 Å². The zero-order valence-corrected chi connectivity index (χ0v) is 19.8. The lowest BCUT2D eigenvalue weighted by molar-refractivity contribution is -0.150. The van der Waals surface area contributed by atoms with Gasteiger partial charge in [0.1, 0.15) is 6.04 Å². The van der Waals surface area contributed by atoms with Crippen molar-refractivity contribution in [2.75, 3.05) is 19.7 Å². The molecule has 7 nitrogen and oxygen atoms in total. The smallest absolute Gasteiger partial charge is 0.308 e. The molecule has 0 aromatic carbocycles. The average molecular weight is 465 g/mol. The molecular weight excluding hydrogens is 428 g/mol. The molecule has 2 N–H and O–H groups in total. The van der Waals surface area contributed by atoms with E-state index in [1.165, 1.54) is 6.42 Å². The number of thioether (sulfide) groups is 1. The topological polar surface area (TPSA) is 98.2 Å². The predicted octanol–water partition coefficient (Wildman–Crippen LogP) is 2.67. The number of amides is 2. The largest absolute Gasteiger partial charge is 0.481 e. The van der Waals surface area contributed by atoms with E-state index in [1.54, 1.807) is 22.7 Å². The lowest BCUT2D eigenvalue weighted by Crippen LogP contribution is -2.57. The average Bonchev–Trinajstić information content (AvgIpc) is 3.33. The summed E-state index contributed by atoms with van der Waals surface area (Å²) in [6.07, 6.45) is 9.60. The number of unbranched alkanes of at least 4 members (excludes halogenated alkanes) is 1. The molecule has 2 bridgehead atoms. The third-order valence-electron chi connectivity index (χ3n) is 8.21. The van der Waals surface area contributed by atoms with Gasteiger partial charge in [-0.25, -0.2) is 0 Å². The molecule has 2 unspecified atom stereocenters. The highest BCUT2D eigenvalue weighted by atomic mass is 32.2. The van der Waals surface area contributed by atoms with Gasteiger partial charge in [0.05, 0.1) is 16.6 Å². The Hall–Kier alpha value is -1.54. The van der Waals surface area contributed by atoms with E-state index in [1.807, 2.05) is 11.8 Å². The molecule has 1 saturated carbocycles. The van der Waals surface area contributed by atoms with E-state index < -0.39 is 33.3 Å². The number of carbonyl (C=O) groups excluding carboxylic acids is 2. The first-order valence-electron chi connectivity index (χ1n) is 12.1. The summed E-state index contributed by atoms with van der Waals surface area (Å²) in [5.74, 6) is -2.59. The summed E-state index contributed by atoms with van der Waals surface area (Å²) in [5, 5.41) is 19.3. The molecule has 5 atom stereocenters. The van der Waals surface area contributed by atoms with Gasteiger partial charge in [-0.05, 0) is 45.4 Å². The number of carbonyl (C=O) groups is 3. The minimum Gasteiger partial charge on any atom is -0.481 e. The number of aliphatic hydroxyl groups is 1. The van der Waals surface area contributed by atoms with E-state index in [0.717, 1.165) is 25.7 Å². The van der Waals surface area contributed by atoms with Crippen LogP contribution in [0.2, 0.25) is 0 Å². The second-order valence-electron chi connectivity index (χ2n) is 10.1. The minimum absolute atomic E-state index is 0.0322. The first-order chi connectivity index (χ1) is 15.3. The van der Waals surface area contributed by atoms with Gasteiger partial charge in [-0.3, -0.25) is 14.4 Å². The Morgan fingerprint density at radius 3 is 2.59 bits per heavy atom. The minimum atomic E-state index is -0.932. The van der Waals surface area contributed by atoms with E-state index in [9.17, 15) is 24.6 Å². The summed E-state index contributed by atoms with van der Waals surface area (Å²) in [6.45, 7) is 6.69. The summed E-state index contributed by atoms with van der Waals surface area (Å²) in [4.78, 5) is 43.8. The number of nitrogens with zero attached hydrogens (tertiary/aromatic N) is 2. The Bertz CT molecular complexity index is 784. The molecule has 4 aliphatic rings. The Morgan fingerprint density at radius 1 is 1.25 bits per heavy atom. The van der Waals surface area contributed by atoms with Gasteiger partial charge in [-0.1, -0.05) is 25.3 Å². The number of fused-ring (bicyclic) bond motifs is 1. The van der Waals surface area contributed by atoms with Crippen molar-refractivity contribution in [1.82, 2.24) is 9.80 Å². The zero-order valence-electron chi connectivity index (χ0n) is 19.0. The van der Waals surface area contributed by atoms with Crippen LogP contribution in [-0.4, -0.2) is 79.1 Å². The Balaban J connectivity index is 1.72. The van der Waals surface area contributed by atoms with Gasteiger partial charge in [0, 0.05) is 30.5 Å². The van der Waals surface area contributed by atoms with Crippen LogP contribution < -0.4 is 0 Å². The number of carboxylic acid groups (broad SMARTS) is 1. The van der Waals surface area contributed by atoms with Crippen molar-refractivity contribution in [1.29, 1.82) is 0 Å². The number of hydrogen-bond donors (Lipinski definition) is 2. The molecule has 0 aromatic heterocycles. The molecule has 178 valence electrons. The van der Waals surface area contributed by atoms with Crippen LogP contribution in [0.4, 0.5) is 0 Å². The molecule has 0 radical (unpaired) electrons. The highest BCUT2D eigenvalue weighted by molar-refractivity contribution is 8.02. The molecule has 3 heterocycles. The fraction of sp³-hybridized carbons (Fsp3) is 0.792. The second kappa shape index (κ2) is 9.01. The molecule has 4 fully saturated rings. The van der Waals surface area contributed by atoms with E-state index in [2.05, 4.69) is 6.58 Å². The third-order valence-corrected chi connectivity index (χ3v) is 10.2. The van der Waals surface area contributed by atoms with E-state index in [0.29, 0.717) is 38.8 Å². The number of carboxylic acids is 1. The first kappa shape index (κ1) is 23.6. The number of likely N-dealkylation sites (tertiary alicyclic amines) is 1. The maximum absolute atomic E-state index is 14.2. The Kier molecular flexibility index (Phi) is 6.65. The Morgan fingerprint density at radius 2 is 1.97 bits per heavy atom. The first-order valence-corrected chi connectivity index (χ1v) is 12.9. The molecule has 0 aromatic rings. The quantitative estimate of drug-likeness (QED) is 0.402. The molecule has 8 heteroatoms. The van der Waals surface area contributed by atoms with Crippen molar-refractivity contribution in [2.45, 2.75) is 86.3 Å². The van der Waals surface area contributed by atoms with Crippen LogP contribution in [0.25, 0.3) is 0 Å². The van der Waals surface area contributed by atoms with Crippen LogP contribution >= 0.6 is 11.8 Å². The number of aliphatic hydroxyl groups excluding tert-OH is 1. The van der Waals surface area contributed by atoms with Gasteiger partial charge in [-0.15, -0.1) is 18.3 Å². The van der Waals surface area contributed by atoms with Crippen molar-refractivity contribution < 1.29 is 24.6 Å². The van der Waals surface area contributed by atoms with Crippen LogP contribution in [-0.2, 0) is 14.4 Å². The summed E-state index contributed by atoms with van der Waals surface area (Å²) in [5.41, 5.74) is 0. The summed E-state index contributed by atoms with van der Waals surface area (Å²) < 4.78 is -1.20. The van der Waals surface area contributed by atoms with Gasteiger partial charge >= 0.3 is 5.97 Å². The van der Waals surface area contributed by atoms with Gasteiger partial charge in [0.25, 0.3) is 0 Å². The predicted molar refractivity (Wildman–Crippen MR) is 123 cm³/mol. The van der Waals surface area contributed by atoms with E-state index >= 15 is 0 Å². The molecule has 1 spiro atoms. The summed E-state index contributed by atoms with van der Waals surface area (Å²) in [6, 6.07) is -0.495. The maximum Gasteiger partial charge on any atom is 0.308 e. The standard InChI is InChI=1S/C24H36N2O5S/c1-3-13-25(16-9-5-4-6-10-16)21(29)19-24-12-11-23(2,32-24)18(22(30)31)17(24)20(28)26(19)14-7-8-15-27/h3,16-19,27H,1,4-15H2,2H3,(H,30,31)/t17-,18+,19?,23-,24?/m0/s1. The number of aliphatic carboxylic acids is 1. The summed E-state index contributed by atoms with van der Waals surface area (Å²) >= 11 is 1.59. The summed E-state index contributed by atoms with van der Waals surface area (Å²) in [7, 11) is 0. The van der Waals surface area contributed by atoms with Gasteiger partial charge in [-0.2, -0.15) is 0 Å². The molecule has 3 aliphatic heterocycles.